The van der Waals surface area contributed by atoms with Gasteiger partial charge in [0.15, 0.2) is 0 Å². The molecule has 0 aliphatic heterocycles. The number of hydrogen-bond donors (Lipinski definition) is 1. The standard InChI is InChI=1S/C20H28O2Si/c1-20(21,23(3,4)5)18(16-12-8-6-9-13-16)19(22-2)17-14-10-7-11-15-17/h6-15,18-19,21H,1-5H3/t18-,19+,20-/m0/s1. The second-order valence-corrected chi connectivity index (χ2v) is 12.9. The van der Waals surface area contributed by atoms with E-state index in [1.807, 2.05) is 43.3 Å². The fourth-order valence-corrected chi connectivity index (χ4v) is 4.28. The summed E-state index contributed by atoms with van der Waals surface area (Å²) < 4.78 is 5.90. The minimum atomic E-state index is -1.87. The summed E-state index contributed by atoms with van der Waals surface area (Å²) in [5.74, 6) is -0.109. The van der Waals surface area contributed by atoms with Crippen LogP contribution in [-0.2, 0) is 4.74 Å². The van der Waals surface area contributed by atoms with Gasteiger partial charge in [-0.25, -0.2) is 0 Å². The molecule has 1 N–H and O–H groups in total. The van der Waals surface area contributed by atoms with E-state index in [1.54, 1.807) is 7.11 Å². The molecule has 0 aliphatic rings. The quantitative estimate of drug-likeness (QED) is 0.773. The van der Waals surface area contributed by atoms with Gasteiger partial charge in [-0.2, -0.15) is 0 Å². The molecule has 0 aromatic heterocycles. The van der Waals surface area contributed by atoms with Crippen molar-refractivity contribution >= 4 is 8.07 Å². The molecular weight excluding hydrogens is 300 g/mol. The molecule has 0 radical (unpaired) electrons. The van der Waals surface area contributed by atoms with E-state index in [4.69, 9.17) is 4.74 Å². The van der Waals surface area contributed by atoms with Crippen molar-refractivity contribution in [2.45, 2.75) is 43.8 Å². The van der Waals surface area contributed by atoms with Gasteiger partial charge in [0.2, 0.25) is 0 Å². The van der Waals surface area contributed by atoms with Gasteiger partial charge in [-0.05, 0) is 18.1 Å². The van der Waals surface area contributed by atoms with Crippen LogP contribution in [0.25, 0.3) is 0 Å². The molecule has 0 bridgehead atoms. The van der Waals surface area contributed by atoms with Gasteiger partial charge < -0.3 is 9.84 Å². The van der Waals surface area contributed by atoms with Crippen molar-refractivity contribution in [3.05, 3.63) is 71.8 Å². The third-order valence-electron chi connectivity index (χ3n) is 4.97. The third-order valence-corrected chi connectivity index (χ3v) is 8.32. The Kier molecular flexibility index (Phi) is 5.45. The van der Waals surface area contributed by atoms with Crippen LogP contribution in [0.2, 0.25) is 19.6 Å². The van der Waals surface area contributed by atoms with Crippen LogP contribution in [0.3, 0.4) is 0 Å². The van der Waals surface area contributed by atoms with Crippen LogP contribution in [0, 0.1) is 0 Å². The van der Waals surface area contributed by atoms with E-state index in [9.17, 15) is 5.11 Å². The zero-order chi connectivity index (χ0) is 17.1. The molecule has 3 atom stereocenters. The first-order chi connectivity index (χ1) is 10.8. The predicted molar refractivity (Wildman–Crippen MR) is 99.3 cm³/mol. The first kappa shape index (κ1) is 17.9. The Morgan fingerprint density at radius 1 is 0.870 bits per heavy atom. The summed E-state index contributed by atoms with van der Waals surface area (Å²) in [4.78, 5) is 0. The lowest BCUT2D eigenvalue weighted by molar-refractivity contribution is 0.00140. The maximum Gasteiger partial charge on any atom is 0.0914 e. The van der Waals surface area contributed by atoms with E-state index in [-0.39, 0.29) is 12.0 Å². The predicted octanol–water partition coefficient (Wildman–Crippen LogP) is 4.79. The smallest absolute Gasteiger partial charge is 0.0914 e. The van der Waals surface area contributed by atoms with E-state index in [0.29, 0.717) is 0 Å². The van der Waals surface area contributed by atoms with Crippen LogP contribution in [0.4, 0.5) is 0 Å². The third kappa shape index (κ3) is 3.74. The SMILES string of the molecule is CO[C@H](c1ccccc1)[C@H](c1ccccc1)[C@@](C)(O)[Si](C)(C)C. The highest BCUT2D eigenvalue weighted by Crippen LogP contribution is 2.45. The van der Waals surface area contributed by atoms with E-state index < -0.39 is 13.3 Å². The first-order valence-electron chi connectivity index (χ1n) is 8.14. The van der Waals surface area contributed by atoms with Gasteiger partial charge in [0, 0.05) is 13.0 Å². The molecular formula is C20H28O2Si. The fourth-order valence-electron chi connectivity index (χ4n) is 3.03. The maximum absolute atomic E-state index is 11.5. The first-order valence-corrected chi connectivity index (χ1v) is 11.6. The summed E-state index contributed by atoms with van der Waals surface area (Å²) in [5, 5.41) is 10.7. The fraction of sp³-hybridized carbons (Fsp3) is 0.400. The summed E-state index contributed by atoms with van der Waals surface area (Å²) in [6.07, 6.45) is -0.180. The largest absolute Gasteiger partial charge is 0.393 e. The lowest BCUT2D eigenvalue weighted by Gasteiger charge is -2.45. The second kappa shape index (κ2) is 6.99. The van der Waals surface area contributed by atoms with E-state index >= 15 is 0 Å². The highest BCUT2D eigenvalue weighted by atomic mass is 28.3. The van der Waals surface area contributed by atoms with Gasteiger partial charge in [0.1, 0.15) is 0 Å². The molecule has 0 heterocycles. The molecule has 0 amide bonds. The Morgan fingerprint density at radius 2 is 1.30 bits per heavy atom. The van der Waals surface area contributed by atoms with Crippen LogP contribution < -0.4 is 0 Å². The number of hydrogen-bond acceptors (Lipinski definition) is 2. The Labute approximate surface area is 141 Å². The Bertz CT molecular complexity index is 603. The van der Waals surface area contributed by atoms with E-state index in [0.717, 1.165) is 11.1 Å². The van der Waals surface area contributed by atoms with Crippen molar-refractivity contribution in [2.75, 3.05) is 7.11 Å². The molecule has 124 valence electrons. The van der Waals surface area contributed by atoms with Crippen molar-refractivity contribution in [3.8, 4) is 0 Å². The number of rotatable bonds is 6. The van der Waals surface area contributed by atoms with Gasteiger partial charge in [-0.15, -0.1) is 0 Å². The molecule has 0 aliphatic carbocycles. The molecule has 2 aromatic carbocycles. The van der Waals surface area contributed by atoms with Crippen molar-refractivity contribution in [3.63, 3.8) is 0 Å². The highest BCUT2D eigenvalue weighted by molar-refractivity contribution is 6.79. The average Bonchev–Trinajstić information content (AvgIpc) is 2.52. The van der Waals surface area contributed by atoms with Gasteiger partial charge in [0.05, 0.1) is 19.4 Å². The van der Waals surface area contributed by atoms with Crippen LogP contribution >= 0.6 is 0 Å². The Morgan fingerprint density at radius 3 is 1.70 bits per heavy atom. The normalized spacial score (nSPS) is 17.3. The minimum Gasteiger partial charge on any atom is -0.393 e. The highest BCUT2D eigenvalue weighted by Gasteiger charge is 2.48. The average molecular weight is 329 g/mol. The summed E-state index contributed by atoms with van der Waals surface area (Å²) in [5.41, 5.74) is 2.22. The molecule has 3 heteroatoms. The second-order valence-electron chi connectivity index (χ2n) is 7.35. The van der Waals surface area contributed by atoms with Crippen LogP contribution in [0.1, 0.15) is 30.1 Å². The van der Waals surface area contributed by atoms with Crippen LogP contribution in [-0.4, -0.2) is 25.5 Å². The number of methoxy groups -OCH3 is 1. The summed E-state index contributed by atoms with van der Waals surface area (Å²) in [7, 11) is -0.137. The van der Waals surface area contributed by atoms with Gasteiger partial charge >= 0.3 is 0 Å². The van der Waals surface area contributed by atoms with Gasteiger partial charge in [0.25, 0.3) is 0 Å². The molecule has 2 nitrogen and oxygen atoms in total. The molecule has 0 saturated heterocycles. The molecule has 2 aromatic rings. The monoisotopic (exact) mass is 328 g/mol. The lowest BCUT2D eigenvalue weighted by Crippen LogP contribution is -2.55. The number of ether oxygens (including phenoxy) is 1. The minimum absolute atomic E-state index is 0.109. The van der Waals surface area contributed by atoms with Crippen LogP contribution in [0.15, 0.2) is 60.7 Å². The Balaban J connectivity index is 2.58. The van der Waals surface area contributed by atoms with Crippen molar-refractivity contribution in [1.29, 1.82) is 0 Å². The molecule has 0 fully saturated rings. The Hall–Kier alpha value is -1.42. The zero-order valence-electron chi connectivity index (χ0n) is 14.8. The molecule has 0 unspecified atom stereocenters. The number of benzene rings is 2. The van der Waals surface area contributed by atoms with Crippen LogP contribution in [0.5, 0.6) is 0 Å². The summed E-state index contributed by atoms with van der Waals surface area (Å²) in [6, 6.07) is 20.4. The van der Waals surface area contributed by atoms with Gasteiger partial charge in [-0.3, -0.25) is 0 Å². The molecule has 2 rings (SSSR count). The maximum atomic E-state index is 11.5. The van der Waals surface area contributed by atoms with Crippen molar-refractivity contribution in [2.24, 2.45) is 0 Å². The van der Waals surface area contributed by atoms with Gasteiger partial charge in [-0.1, -0.05) is 80.3 Å². The zero-order valence-corrected chi connectivity index (χ0v) is 15.8. The molecule has 0 spiro atoms. The van der Waals surface area contributed by atoms with Crippen molar-refractivity contribution < 1.29 is 9.84 Å². The van der Waals surface area contributed by atoms with E-state index in [2.05, 4.69) is 43.9 Å². The number of aliphatic hydroxyl groups is 1. The summed E-state index contributed by atoms with van der Waals surface area (Å²) >= 11 is 0. The summed E-state index contributed by atoms with van der Waals surface area (Å²) in [6.45, 7) is 8.60. The van der Waals surface area contributed by atoms with Crippen molar-refractivity contribution in [1.82, 2.24) is 0 Å². The van der Waals surface area contributed by atoms with E-state index in [1.165, 1.54) is 0 Å². The lowest BCUT2D eigenvalue weighted by atomic mass is 9.84. The molecule has 0 saturated carbocycles. The topological polar surface area (TPSA) is 29.5 Å². The molecule has 23 heavy (non-hydrogen) atoms.